The predicted octanol–water partition coefficient (Wildman–Crippen LogP) is 3.17. The van der Waals surface area contributed by atoms with Crippen molar-refractivity contribution < 1.29 is 9.53 Å². The Kier molecular flexibility index (Phi) is 6.36. The number of amides is 1. The second kappa shape index (κ2) is 8.04. The van der Waals surface area contributed by atoms with Crippen molar-refractivity contribution in [2.75, 3.05) is 40.3 Å². The Morgan fingerprint density at radius 2 is 2.00 bits per heavy atom. The first-order valence-corrected chi connectivity index (χ1v) is 8.24. The van der Waals surface area contributed by atoms with Crippen LogP contribution in [0.15, 0.2) is 18.2 Å². The number of piperidine rings is 1. The molecule has 4 nitrogen and oxygen atoms in total. The first kappa shape index (κ1) is 17.4. The van der Waals surface area contributed by atoms with Gasteiger partial charge in [-0.05, 0) is 44.1 Å². The van der Waals surface area contributed by atoms with E-state index in [4.69, 9.17) is 27.9 Å². The number of rotatable bonds is 5. The number of carbonyl (C=O) groups excluding carboxylic acids is 1. The molecule has 1 aromatic rings. The third-order valence-electron chi connectivity index (χ3n) is 3.94. The average molecular weight is 345 g/mol. The van der Waals surface area contributed by atoms with Crippen LogP contribution in [0.3, 0.4) is 0 Å². The van der Waals surface area contributed by atoms with Crippen molar-refractivity contribution in [1.29, 1.82) is 0 Å². The highest BCUT2D eigenvalue weighted by Gasteiger charge is 2.25. The SMILES string of the molecule is CN(C)C(=O)C1CCN(CCOc2ccc(Cl)cc2Cl)CC1. The molecule has 1 aliphatic heterocycles. The molecular weight excluding hydrogens is 323 g/mol. The fourth-order valence-corrected chi connectivity index (χ4v) is 3.11. The van der Waals surface area contributed by atoms with Gasteiger partial charge in [0.15, 0.2) is 0 Å². The van der Waals surface area contributed by atoms with Gasteiger partial charge in [-0.1, -0.05) is 23.2 Å². The Morgan fingerprint density at radius 3 is 2.59 bits per heavy atom. The van der Waals surface area contributed by atoms with E-state index in [0.29, 0.717) is 22.4 Å². The molecule has 0 atom stereocenters. The van der Waals surface area contributed by atoms with Crippen molar-refractivity contribution in [2.45, 2.75) is 12.8 Å². The first-order valence-electron chi connectivity index (χ1n) is 7.48. The third kappa shape index (κ3) is 4.77. The standard InChI is InChI=1S/C16H22Cl2N2O2/c1-19(2)16(21)12-5-7-20(8-6-12)9-10-22-15-4-3-13(17)11-14(15)18/h3-4,11-12H,5-10H2,1-2H3. The minimum atomic E-state index is 0.165. The van der Waals surface area contributed by atoms with E-state index in [2.05, 4.69) is 4.90 Å². The van der Waals surface area contributed by atoms with Crippen molar-refractivity contribution in [2.24, 2.45) is 5.92 Å². The lowest BCUT2D eigenvalue weighted by molar-refractivity contribution is -0.134. The molecule has 0 N–H and O–H groups in total. The summed E-state index contributed by atoms with van der Waals surface area (Å²) in [5, 5.41) is 1.13. The smallest absolute Gasteiger partial charge is 0.225 e. The van der Waals surface area contributed by atoms with Gasteiger partial charge >= 0.3 is 0 Å². The molecule has 1 aliphatic rings. The van der Waals surface area contributed by atoms with Gasteiger partial charge in [0.05, 0.1) is 5.02 Å². The highest BCUT2D eigenvalue weighted by atomic mass is 35.5. The van der Waals surface area contributed by atoms with Crippen molar-refractivity contribution >= 4 is 29.1 Å². The van der Waals surface area contributed by atoms with Crippen molar-refractivity contribution in [3.63, 3.8) is 0 Å². The summed E-state index contributed by atoms with van der Waals surface area (Å²) in [4.78, 5) is 15.9. The van der Waals surface area contributed by atoms with Crippen LogP contribution in [0.1, 0.15) is 12.8 Å². The molecule has 2 rings (SSSR count). The zero-order chi connectivity index (χ0) is 16.1. The van der Waals surface area contributed by atoms with Gasteiger partial charge in [0.2, 0.25) is 5.91 Å². The summed E-state index contributed by atoms with van der Waals surface area (Å²) in [6.45, 7) is 3.28. The monoisotopic (exact) mass is 344 g/mol. The van der Waals surface area contributed by atoms with Crippen LogP contribution in [0, 0.1) is 5.92 Å². The van der Waals surface area contributed by atoms with E-state index in [9.17, 15) is 4.79 Å². The molecule has 1 heterocycles. The highest BCUT2D eigenvalue weighted by Crippen LogP contribution is 2.27. The molecule has 6 heteroatoms. The van der Waals surface area contributed by atoms with Gasteiger partial charge in [-0.2, -0.15) is 0 Å². The lowest BCUT2D eigenvalue weighted by Crippen LogP contribution is -2.41. The fourth-order valence-electron chi connectivity index (χ4n) is 2.65. The summed E-state index contributed by atoms with van der Waals surface area (Å²) in [5.41, 5.74) is 0. The molecule has 1 fully saturated rings. The molecule has 0 aliphatic carbocycles. The van der Waals surface area contributed by atoms with Crippen LogP contribution in [0.2, 0.25) is 10.0 Å². The fraction of sp³-hybridized carbons (Fsp3) is 0.562. The van der Waals surface area contributed by atoms with E-state index in [1.807, 2.05) is 14.1 Å². The predicted molar refractivity (Wildman–Crippen MR) is 89.8 cm³/mol. The summed E-state index contributed by atoms with van der Waals surface area (Å²) in [5.74, 6) is 1.06. The van der Waals surface area contributed by atoms with Crippen LogP contribution in [-0.2, 0) is 4.79 Å². The normalized spacial score (nSPS) is 16.5. The molecule has 0 aromatic heterocycles. The number of carbonyl (C=O) groups is 1. The van der Waals surface area contributed by atoms with Crippen LogP contribution in [-0.4, -0.2) is 56.0 Å². The summed E-state index contributed by atoms with van der Waals surface area (Å²) >= 11 is 11.9. The van der Waals surface area contributed by atoms with E-state index in [0.717, 1.165) is 32.5 Å². The molecule has 0 radical (unpaired) electrons. The number of halogens is 2. The number of hydrogen-bond donors (Lipinski definition) is 0. The van der Waals surface area contributed by atoms with Gasteiger partial charge in [0, 0.05) is 31.6 Å². The molecule has 0 saturated carbocycles. The van der Waals surface area contributed by atoms with Crippen molar-refractivity contribution in [3.8, 4) is 5.75 Å². The maximum Gasteiger partial charge on any atom is 0.225 e. The maximum absolute atomic E-state index is 11.9. The summed E-state index contributed by atoms with van der Waals surface area (Å²) in [6.07, 6.45) is 1.83. The van der Waals surface area contributed by atoms with E-state index >= 15 is 0 Å². The molecule has 122 valence electrons. The molecule has 0 spiro atoms. The average Bonchev–Trinajstić information content (AvgIpc) is 2.49. The van der Waals surface area contributed by atoms with Crippen LogP contribution in [0.5, 0.6) is 5.75 Å². The Hall–Kier alpha value is -0.970. The van der Waals surface area contributed by atoms with E-state index < -0.39 is 0 Å². The van der Waals surface area contributed by atoms with Crippen molar-refractivity contribution in [1.82, 2.24) is 9.80 Å². The number of benzene rings is 1. The second-order valence-corrected chi connectivity index (χ2v) is 6.62. The molecule has 1 aromatic carbocycles. The number of ether oxygens (including phenoxy) is 1. The van der Waals surface area contributed by atoms with Crippen LogP contribution in [0.4, 0.5) is 0 Å². The van der Waals surface area contributed by atoms with E-state index in [-0.39, 0.29) is 11.8 Å². The number of nitrogens with zero attached hydrogens (tertiary/aromatic N) is 2. The van der Waals surface area contributed by atoms with Gasteiger partial charge in [-0.25, -0.2) is 0 Å². The van der Waals surface area contributed by atoms with E-state index in [1.165, 1.54) is 0 Å². The van der Waals surface area contributed by atoms with Gasteiger partial charge in [0.1, 0.15) is 12.4 Å². The zero-order valence-corrected chi connectivity index (χ0v) is 14.5. The van der Waals surface area contributed by atoms with Crippen LogP contribution in [0.25, 0.3) is 0 Å². The first-order chi connectivity index (χ1) is 10.5. The third-order valence-corrected chi connectivity index (χ3v) is 4.47. The van der Waals surface area contributed by atoms with Gasteiger partial charge < -0.3 is 9.64 Å². The minimum absolute atomic E-state index is 0.165. The molecule has 0 unspecified atom stereocenters. The Bertz CT molecular complexity index is 515. The second-order valence-electron chi connectivity index (χ2n) is 5.77. The molecule has 1 saturated heterocycles. The largest absolute Gasteiger partial charge is 0.491 e. The zero-order valence-electron chi connectivity index (χ0n) is 13.0. The summed E-state index contributed by atoms with van der Waals surface area (Å²) < 4.78 is 5.70. The lowest BCUT2D eigenvalue weighted by Gasteiger charge is -2.32. The van der Waals surface area contributed by atoms with Crippen LogP contribution >= 0.6 is 23.2 Å². The maximum atomic E-state index is 11.9. The van der Waals surface area contributed by atoms with Gasteiger partial charge in [-0.3, -0.25) is 9.69 Å². The topological polar surface area (TPSA) is 32.8 Å². The Morgan fingerprint density at radius 1 is 1.32 bits per heavy atom. The lowest BCUT2D eigenvalue weighted by atomic mass is 9.95. The Balaban J connectivity index is 1.72. The summed E-state index contributed by atoms with van der Waals surface area (Å²) in [6, 6.07) is 5.23. The highest BCUT2D eigenvalue weighted by molar-refractivity contribution is 6.35. The van der Waals surface area contributed by atoms with Crippen LogP contribution < -0.4 is 4.74 Å². The van der Waals surface area contributed by atoms with E-state index in [1.54, 1.807) is 23.1 Å². The summed E-state index contributed by atoms with van der Waals surface area (Å²) in [7, 11) is 3.64. The number of likely N-dealkylation sites (tertiary alicyclic amines) is 1. The molecule has 0 bridgehead atoms. The minimum Gasteiger partial charge on any atom is -0.491 e. The van der Waals surface area contributed by atoms with Crippen molar-refractivity contribution in [3.05, 3.63) is 28.2 Å². The number of hydrogen-bond acceptors (Lipinski definition) is 3. The molecular formula is C16H22Cl2N2O2. The van der Waals surface area contributed by atoms with Gasteiger partial charge in [-0.15, -0.1) is 0 Å². The molecule has 1 amide bonds. The van der Waals surface area contributed by atoms with Gasteiger partial charge in [0.25, 0.3) is 0 Å². The quantitative estimate of drug-likeness (QED) is 0.822. The Labute approximate surface area is 141 Å². The molecule has 22 heavy (non-hydrogen) atoms.